The molecule has 130 valence electrons. The van der Waals surface area contributed by atoms with Gasteiger partial charge in [0, 0.05) is 39.5 Å². The Bertz CT molecular complexity index is 735. The van der Waals surface area contributed by atoms with Crippen LogP contribution in [0.5, 0.6) is 0 Å². The van der Waals surface area contributed by atoms with Gasteiger partial charge in [-0.05, 0) is 73.8 Å². The highest BCUT2D eigenvalue weighted by molar-refractivity contribution is 7.99. The van der Waals surface area contributed by atoms with Crippen molar-refractivity contribution in [1.82, 2.24) is 10.2 Å². The van der Waals surface area contributed by atoms with Gasteiger partial charge in [-0.3, -0.25) is 4.79 Å². The lowest BCUT2D eigenvalue weighted by molar-refractivity contribution is 0.0909. The second-order valence-electron chi connectivity index (χ2n) is 6.90. The molecule has 2 aromatic carbocycles. The molecular formula is C20H21ClN2OS. The lowest BCUT2D eigenvalue weighted by Crippen LogP contribution is -2.47. The number of carbonyl (C=O) groups is 1. The maximum Gasteiger partial charge on any atom is 0.251 e. The zero-order valence-corrected chi connectivity index (χ0v) is 15.5. The van der Waals surface area contributed by atoms with Crippen molar-refractivity contribution in [2.75, 3.05) is 19.6 Å². The second kappa shape index (κ2) is 7.40. The molecule has 2 aliphatic rings. The fraction of sp³-hybridized carbons (Fsp3) is 0.350. The van der Waals surface area contributed by atoms with E-state index in [1.807, 2.05) is 48.5 Å². The molecule has 4 rings (SSSR count). The van der Waals surface area contributed by atoms with Crippen molar-refractivity contribution in [1.29, 1.82) is 0 Å². The minimum absolute atomic E-state index is 0.0375. The Hall–Kier alpha value is -1.49. The van der Waals surface area contributed by atoms with Crippen molar-refractivity contribution in [3.63, 3.8) is 0 Å². The smallest absolute Gasteiger partial charge is 0.251 e. The van der Waals surface area contributed by atoms with Crippen LogP contribution in [0.25, 0.3) is 0 Å². The van der Waals surface area contributed by atoms with Gasteiger partial charge < -0.3 is 10.2 Å². The molecule has 2 saturated heterocycles. The van der Waals surface area contributed by atoms with Crippen LogP contribution in [0.3, 0.4) is 0 Å². The van der Waals surface area contributed by atoms with Gasteiger partial charge in [0.2, 0.25) is 0 Å². The predicted molar refractivity (Wildman–Crippen MR) is 102 cm³/mol. The number of hydrogen-bond acceptors (Lipinski definition) is 3. The van der Waals surface area contributed by atoms with E-state index in [0.717, 1.165) is 39.3 Å². The van der Waals surface area contributed by atoms with Gasteiger partial charge in [0.1, 0.15) is 0 Å². The van der Waals surface area contributed by atoms with E-state index in [4.69, 9.17) is 11.6 Å². The largest absolute Gasteiger partial charge is 0.348 e. The van der Waals surface area contributed by atoms with Crippen molar-refractivity contribution < 1.29 is 4.79 Å². The van der Waals surface area contributed by atoms with E-state index in [1.165, 1.54) is 19.5 Å². The molecule has 2 aliphatic heterocycles. The summed E-state index contributed by atoms with van der Waals surface area (Å²) in [5, 5.41) is 3.95. The summed E-state index contributed by atoms with van der Waals surface area (Å²) in [6.07, 6.45) is 2.40. The van der Waals surface area contributed by atoms with Crippen LogP contribution in [-0.2, 0) is 0 Å². The lowest BCUT2D eigenvalue weighted by atomic mass is 9.96. The van der Waals surface area contributed by atoms with Crippen LogP contribution in [0.15, 0.2) is 58.3 Å². The maximum absolute atomic E-state index is 12.5. The molecule has 1 unspecified atom stereocenters. The van der Waals surface area contributed by atoms with Crippen LogP contribution >= 0.6 is 23.4 Å². The van der Waals surface area contributed by atoms with Gasteiger partial charge in [-0.15, -0.1) is 0 Å². The minimum atomic E-state index is 0.0375. The van der Waals surface area contributed by atoms with E-state index in [0.29, 0.717) is 0 Å². The number of benzene rings is 2. The summed E-state index contributed by atoms with van der Waals surface area (Å²) in [6.45, 7) is 3.39. The van der Waals surface area contributed by atoms with E-state index < -0.39 is 0 Å². The van der Waals surface area contributed by atoms with Crippen molar-refractivity contribution in [3.05, 3.63) is 59.1 Å². The fourth-order valence-electron chi connectivity index (χ4n) is 3.75. The normalized spacial score (nSPS) is 24.9. The molecule has 3 atom stereocenters. The molecule has 0 aromatic heterocycles. The first-order valence-corrected chi connectivity index (χ1v) is 9.92. The highest BCUT2D eigenvalue weighted by Gasteiger charge is 2.32. The Morgan fingerprint density at radius 3 is 2.40 bits per heavy atom. The van der Waals surface area contributed by atoms with E-state index in [1.54, 1.807) is 11.8 Å². The number of nitrogens with zero attached hydrogens (tertiary/aromatic N) is 1. The predicted octanol–water partition coefficient (Wildman–Crippen LogP) is 4.32. The van der Waals surface area contributed by atoms with Gasteiger partial charge in [-0.1, -0.05) is 23.4 Å². The zero-order chi connectivity index (χ0) is 17.2. The average Bonchev–Trinajstić information content (AvgIpc) is 2.96. The molecule has 1 amide bonds. The second-order valence-corrected chi connectivity index (χ2v) is 8.48. The monoisotopic (exact) mass is 372 g/mol. The summed E-state index contributed by atoms with van der Waals surface area (Å²) >= 11 is 7.58. The zero-order valence-electron chi connectivity index (χ0n) is 14.0. The molecule has 2 aromatic rings. The number of amides is 1. The van der Waals surface area contributed by atoms with Crippen LogP contribution in [-0.4, -0.2) is 36.5 Å². The first-order valence-electron chi connectivity index (χ1n) is 8.72. The molecule has 0 radical (unpaired) electrons. The van der Waals surface area contributed by atoms with Gasteiger partial charge in [-0.2, -0.15) is 0 Å². The van der Waals surface area contributed by atoms with Gasteiger partial charge >= 0.3 is 0 Å². The molecular weight excluding hydrogens is 352 g/mol. The number of piperidine rings is 1. The molecule has 25 heavy (non-hydrogen) atoms. The third kappa shape index (κ3) is 4.20. The third-order valence-electron chi connectivity index (χ3n) is 4.97. The van der Waals surface area contributed by atoms with Crippen LogP contribution < -0.4 is 5.32 Å². The Labute approximate surface area is 157 Å². The summed E-state index contributed by atoms with van der Waals surface area (Å²) in [5.41, 5.74) is 0.730. The van der Waals surface area contributed by atoms with Crippen LogP contribution in [0.1, 0.15) is 23.2 Å². The number of rotatable bonds is 4. The molecule has 0 spiro atoms. The van der Waals surface area contributed by atoms with E-state index in [9.17, 15) is 4.79 Å². The van der Waals surface area contributed by atoms with E-state index in [2.05, 4.69) is 10.2 Å². The Kier molecular flexibility index (Phi) is 5.02. The number of hydrogen-bond donors (Lipinski definition) is 1. The van der Waals surface area contributed by atoms with Crippen LogP contribution in [0.2, 0.25) is 5.02 Å². The fourth-order valence-corrected chi connectivity index (χ4v) is 4.69. The Balaban J connectivity index is 1.36. The molecule has 0 saturated carbocycles. The third-order valence-corrected chi connectivity index (χ3v) is 6.24. The maximum atomic E-state index is 12.5. The van der Waals surface area contributed by atoms with Crippen LogP contribution in [0.4, 0.5) is 0 Å². The standard InChI is InChI=1S/C20H21ClN2OS/c21-16-3-7-19(8-4-16)25-18-5-1-15(2-6-18)20(24)22-17-11-14-9-10-23(12-14)13-17/h1-8,14,17H,9-13H2,(H,22,24)/t14-,17-/m1/s1. The van der Waals surface area contributed by atoms with Crippen molar-refractivity contribution in [3.8, 4) is 0 Å². The molecule has 2 bridgehead atoms. The SMILES string of the molecule is O=C(N[C@@H]1C[C@H]2CCN(C2)C1)c1ccc(Sc2ccc(Cl)cc2)cc1. The van der Waals surface area contributed by atoms with Gasteiger partial charge in [0.25, 0.3) is 5.91 Å². The summed E-state index contributed by atoms with van der Waals surface area (Å²) in [5.74, 6) is 0.799. The van der Waals surface area contributed by atoms with Gasteiger partial charge in [-0.25, -0.2) is 0 Å². The number of halogens is 1. The summed E-state index contributed by atoms with van der Waals surface area (Å²) < 4.78 is 0. The molecule has 1 N–H and O–H groups in total. The summed E-state index contributed by atoms with van der Waals surface area (Å²) in [6, 6.07) is 15.9. The Morgan fingerprint density at radius 1 is 1.04 bits per heavy atom. The van der Waals surface area contributed by atoms with E-state index >= 15 is 0 Å². The molecule has 3 nitrogen and oxygen atoms in total. The van der Waals surface area contributed by atoms with Crippen molar-refractivity contribution in [2.24, 2.45) is 5.92 Å². The van der Waals surface area contributed by atoms with Crippen molar-refractivity contribution in [2.45, 2.75) is 28.7 Å². The van der Waals surface area contributed by atoms with Crippen molar-refractivity contribution >= 4 is 29.3 Å². The summed E-state index contributed by atoms with van der Waals surface area (Å²) in [7, 11) is 0. The van der Waals surface area contributed by atoms with Gasteiger partial charge in [0.15, 0.2) is 0 Å². The molecule has 2 fully saturated rings. The summed E-state index contributed by atoms with van der Waals surface area (Å²) in [4.78, 5) is 17.2. The Morgan fingerprint density at radius 2 is 1.72 bits per heavy atom. The first kappa shape index (κ1) is 17.0. The van der Waals surface area contributed by atoms with E-state index in [-0.39, 0.29) is 11.9 Å². The molecule has 2 heterocycles. The van der Waals surface area contributed by atoms with Gasteiger partial charge in [0.05, 0.1) is 0 Å². The number of nitrogens with one attached hydrogen (secondary N) is 1. The number of fused-ring (bicyclic) bond motifs is 2. The number of carbonyl (C=O) groups excluding carboxylic acids is 1. The highest BCUT2D eigenvalue weighted by atomic mass is 35.5. The van der Waals surface area contributed by atoms with Crippen LogP contribution in [0, 0.1) is 5.92 Å². The highest BCUT2D eigenvalue weighted by Crippen LogP contribution is 2.29. The molecule has 5 heteroatoms. The molecule has 0 aliphatic carbocycles. The topological polar surface area (TPSA) is 32.3 Å². The average molecular weight is 373 g/mol. The quantitative estimate of drug-likeness (QED) is 0.867. The minimum Gasteiger partial charge on any atom is -0.348 e. The lowest BCUT2D eigenvalue weighted by Gasteiger charge is -2.30. The first-order chi connectivity index (χ1) is 12.2.